The number of nitrogens with zero attached hydrogens (tertiary/aromatic N) is 4. The Bertz CT molecular complexity index is 494. The van der Waals surface area contributed by atoms with Gasteiger partial charge in [-0.15, -0.1) is 10.2 Å². The van der Waals surface area contributed by atoms with Crippen molar-refractivity contribution in [3.63, 3.8) is 0 Å². The zero-order valence-corrected chi connectivity index (χ0v) is 10.6. The number of aromatic nitrogens is 4. The Kier molecular flexibility index (Phi) is 3.23. The fraction of sp³-hybridized carbons (Fsp3) is 0.545. The number of aryl methyl sites for hydroxylation is 3. The van der Waals surface area contributed by atoms with Crippen LogP contribution in [0.5, 0.6) is 0 Å². The highest BCUT2D eigenvalue weighted by molar-refractivity contribution is 5.20. The molecule has 0 aliphatic carbocycles. The van der Waals surface area contributed by atoms with Gasteiger partial charge in [0.05, 0.1) is 12.2 Å². The number of rotatable bonds is 4. The molecule has 0 unspecified atom stereocenters. The molecule has 0 spiro atoms. The molecule has 2 rings (SSSR count). The first-order chi connectivity index (χ1) is 8.09. The molecule has 6 nitrogen and oxygen atoms in total. The summed E-state index contributed by atoms with van der Waals surface area (Å²) in [4.78, 5) is 0. The first kappa shape index (κ1) is 11.8. The number of nitrogens with one attached hydrogen (secondary N) is 1. The highest BCUT2D eigenvalue weighted by atomic mass is 16.5. The Labute approximate surface area is 100 Å². The van der Waals surface area contributed by atoms with Crippen LogP contribution in [0.15, 0.2) is 4.52 Å². The molecule has 0 saturated heterocycles. The summed E-state index contributed by atoms with van der Waals surface area (Å²) in [5, 5.41) is 15.3. The van der Waals surface area contributed by atoms with Crippen molar-refractivity contribution in [1.29, 1.82) is 0 Å². The lowest BCUT2D eigenvalue weighted by Gasteiger charge is -2.04. The van der Waals surface area contributed by atoms with Gasteiger partial charge in [0.2, 0.25) is 0 Å². The standard InChI is InChI=1S/C11H17N5O/c1-7-10(8(2)17-15-7)5-12-6-11-14-13-9(3)16(11)4/h12H,5-6H2,1-4H3. The summed E-state index contributed by atoms with van der Waals surface area (Å²) in [6.07, 6.45) is 0. The third-order valence-corrected chi connectivity index (χ3v) is 2.95. The van der Waals surface area contributed by atoms with E-state index in [-0.39, 0.29) is 0 Å². The molecule has 0 atom stereocenters. The van der Waals surface area contributed by atoms with Gasteiger partial charge < -0.3 is 14.4 Å². The maximum absolute atomic E-state index is 5.10. The van der Waals surface area contributed by atoms with Gasteiger partial charge >= 0.3 is 0 Å². The zero-order chi connectivity index (χ0) is 12.4. The van der Waals surface area contributed by atoms with E-state index in [9.17, 15) is 0 Å². The van der Waals surface area contributed by atoms with Crippen molar-refractivity contribution in [2.75, 3.05) is 0 Å². The SMILES string of the molecule is Cc1noc(C)c1CNCc1nnc(C)n1C. The van der Waals surface area contributed by atoms with Gasteiger partial charge in [0.1, 0.15) is 17.4 Å². The van der Waals surface area contributed by atoms with Gasteiger partial charge in [-0.05, 0) is 20.8 Å². The van der Waals surface area contributed by atoms with E-state index in [2.05, 4.69) is 20.7 Å². The molecule has 0 radical (unpaired) electrons. The number of hydrogen-bond donors (Lipinski definition) is 1. The van der Waals surface area contributed by atoms with E-state index in [1.807, 2.05) is 32.4 Å². The second kappa shape index (κ2) is 4.67. The third kappa shape index (κ3) is 2.36. The molecule has 2 heterocycles. The van der Waals surface area contributed by atoms with Gasteiger partial charge in [0, 0.05) is 19.2 Å². The van der Waals surface area contributed by atoms with Crippen LogP contribution in [-0.4, -0.2) is 19.9 Å². The van der Waals surface area contributed by atoms with Crippen LogP contribution in [0.25, 0.3) is 0 Å². The summed E-state index contributed by atoms with van der Waals surface area (Å²) in [6.45, 7) is 7.21. The van der Waals surface area contributed by atoms with Crippen LogP contribution in [0.2, 0.25) is 0 Å². The molecule has 1 N–H and O–H groups in total. The van der Waals surface area contributed by atoms with Gasteiger partial charge in [-0.25, -0.2) is 0 Å². The normalized spacial score (nSPS) is 11.1. The molecular weight excluding hydrogens is 218 g/mol. The van der Waals surface area contributed by atoms with Gasteiger partial charge in [0.15, 0.2) is 0 Å². The molecule has 0 amide bonds. The smallest absolute Gasteiger partial charge is 0.146 e. The van der Waals surface area contributed by atoms with Crippen LogP contribution in [0.3, 0.4) is 0 Å². The van der Waals surface area contributed by atoms with Crippen molar-refractivity contribution in [3.8, 4) is 0 Å². The molecule has 17 heavy (non-hydrogen) atoms. The van der Waals surface area contributed by atoms with Crippen LogP contribution < -0.4 is 5.32 Å². The van der Waals surface area contributed by atoms with E-state index in [1.165, 1.54) is 0 Å². The first-order valence-corrected chi connectivity index (χ1v) is 5.57. The highest BCUT2D eigenvalue weighted by Crippen LogP contribution is 2.11. The quantitative estimate of drug-likeness (QED) is 0.856. The largest absolute Gasteiger partial charge is 0.361 e. The minimum Gasteiger partial charge on any atom is -0.361 e. The fourth-order valence-electron chi connectivity index (χ4n) is 1.66. The Morgan fingerprint density at radius 3 is 2.47 bits per heavy atom. The Morgan fingerprint density at radius 2 is 1.94 bits per heavy atom. The lowest BCUT2D eigenvalue weighted by molar-refractivity contribution is 0.391. The monoisotopic (exact) mass is 235 g/mol. The Hall–Kier alpha value is -1.69. The van der Waals surface area contributed by atoms with Crippen LogP contribution in [-0.2, 0) is 20.1 Å². The van der Waals surface area contributed by atoms with Crippen molar-refractivity contribution in [3.05, 3.63) is 28.7 Å². The summed E-state index contributed by atoms with van der Waals surface area (Å²) in [6, 6.07) is 0. The van der Waals surface area contributed by atoms with E-state index in [0.717, 1.165) is 35.2 Å². The van der Waals surface area contributed by atoms with Crippen molar-refractivity contribution >= 4 is 0 Å². The molecule has 2 aromatic rings. The molecule has 2 aromatic heterocycles. The summed E-state index contributed by atoms with van der Waals surface area (Å²) < 4.78 is 7.08. The van der Waals surface area contributed by atoms with Crippen molar-refractivity contribution < 1.29 is 4.52 Å². The topological polar surface area (TPSA) is 68.8 Å². The van der Waals surface area contributed by atoms with Crippen LogP contribution in [0.4, 0.5) is 0 Å². The molecule has 0 saturated carbocycles. The van der Waals surface area contributed by atoms with Gasteiger partial charge in [0.25, 0.3) is 0 Å². The molecule has 0 fully saturated rings. The Morgan fingerprint density at radius 1 is 1.18 bits per heavy atom. The zero-order valence-electron chi connectivity index (χ0n) is 10.6. The molecule has 0 aromatic carbocycles. The van der Waals surface area contributed by atoms with E-state index < -0.39 is 0 Å². The predicted octanol–water partition coefficient (Wildman–Crippen LogP) is 1.02. The summed E-state index contributed by atoms with van der Waals surface area (Å²) in [5.41, 5.74) is 2.05. The minimum atomic E-state index is 0.682. The van der Waals surface area contributed by atoms with Gasteiger partial charge in [-0.2, -0.15) is 0 Å². The molecule has 0 bridgehead atoms. The molecule has 0 aliphatic heterocycles. The van der Waals surface area contributed by atoms with Crippen molar-refractivity contribution in [1.82, 2.24) is 25.2 Å². The lowest BCUT2D eigenvalue weighted by atomic mass is 10.2. The van der Waals surface area contributed by atoms with E-state index in [0.29, 0.717) is 6.54 Å². The highest BCUT2D eigenvalue weighted by Gasteiger charge is 2.09. The lowest BCUT2D eigenvalue weighted by Crippen LogP contribution is -2.16. The second-order valence-corrected chi connectivity index (χ2v) is 4.13. The third-order valence-electron chi connectivity index (χ3n) is 2.95. The summed E-state index contributed by atoms with van der Waals surface area (Å²) >= 11 is 0. The average Bonchev–Trinajstić information content (AvgIpc) is 2.78. The molecular formula is C11H17N5O. The van der Waals surface area contributed by atoms with Crippen LogP contribution in [0.1, 0.15) is 28.7 Å². The van der Waals surface area contributed by atoms with E-state index in [4.69, 9.17) is 4.52 Å². The maximum Gasteiger partial charge on any atom is 0.146 e. The first-order valence-electron chi connectivity index (χ1n) is 5.57. The maximum atomic E-state index is 5.10. The predicted molar refractivity (Wildman–Crippen MR) is 62.3 cm³/mol. The Balaban J connectivity index is 1.94. The van der Waals surface area contributed by atoms with Gasteiger partial charge in [-0.1, -0.05) is 5.16 Å². The molecule has 0 aliphatic rings. The van der Waals surface area contributed by atoms with Crippen molar-refractivity contribution in [2.45, 2.75) is 33.9 Å². The average molecular weight is 235 g/mol. The second-order valence-electron chi connectivity index (χ2n) is 4.13. The fourth-order valence-corrected chi connectivity index (χ4v) is 1.66. The van der Waals surface area contributed by atoms with Crippen molar-refractivity contribution in [2.24, 2.45) is 7.05 Å². The van der Waals surface area contributed by atoms with Gasteiger partial charge in [-0.3, -0.25) is 0 Å². The molecule has 92 valence electrons. The molecule has 6 heteroatoms. The number of hydrogen-bond acceptors (Lipinski definition) is 5. The van der Waals surface area contributed by atoms with Crippen LogP contribution in [0, 0.1) is 20.8 Å². The minimum absolute atomic E-state index is 0.682. The van der Waals surface area contributed by atoms with E-state index in [1.54, 1.807) is 0 Å². The van der Waals surface area contributed by atoms with E-state index >= 15 is 0 Å². The summed E-state index contributed by atoms with van der Waals surface area (Å²) in [5.74, 6) is 2.71. The van der Waals surface area contributed by atoms with Crippen LogP contribution >= 0.6 is 0 Å². The summed E-state index contributed by atoms with van der Waals surface area (Å²) in [7, 11) is 1.96.